The number of hydrogen-bond donors (Lipinski definition) is 2. The highest BCUT2D eigenvalue weighted by Gasteiger charge is 2.02. The van der Waals surface area contributed by atoms with E-state index in [1.165, 1.54) is 10.8 Å². The van der Waals surface area contributed by atoms with Gasteiger partial charge in [-0.25, -0.2) is 4.79 Å². The molecular formula is C13H15N3O3. The maximum absolute atomic E-state index is 11.5. The fourth-order valence-corrected chi connectivity index (χ4v) is 1.65. The third-order valence-corrected chi connectivity index (χ3v) is 2.70. The van der Waals surface area contributed by atoms with E-state index in [9.17, 15) is 9.59 Å². The number of para-hydroxylation sites is 2. The monoisotopic (exact) mass is 261 g/mol. The number of nitrogen functional groups attached to an aromatic ring is 1. The van der Waals surface area contributed by atoms with Gasteiger partial charge < -0.3 is 10.5 Å². The third-order valence-electron chi connectivity index (χ3n) is 2.70. The molecule has 0 atom stereocenters. The molecule has 2 rings (SSSR count). The first kappa shape index (κ1) is 12.9. The van der Waals surface area contributed by atoms with Crippen molar-refractivity contribution in [1.29, 1.82) is 0 Å². The Morgan fingerprint density at radius 1 is 1.32 bits per heavy atom. The Kier molecular flexibility index (Phi) is 3.70. The van der Waals surface area contributed by atoms with Crippen LogP contribution in [0.4, 0.5) is 5.69 Å². The Bertz CT molecular complexity index is 688. The molecule has 100 valence electrons. The van der Waals surface area contributed by atoms with Gasteiger partial charge in [-0.1, -0.05) is 12.1 Å². The van der Waals surface area contributed by atoms with Crippen molar-refractivity contribution >= 4 is 5.69 Å². The van der Waals surface area contributed by atoms with Crippen LogP contribution in [0.15, 0.2) is 40.1 Å². The van der Waals surface area contributed by atoms with Gasteiger partial charge in [-0.15, -0.1) is 0 Å². The summed E-state index contributed by atoms with van der Waals surface area (Å²) < 4.78 is 6.89. The Balaban J connectivity index is 2.04. The largest absolute Gasteiger partial charge is 0.490 e. The number of nitrogens with one attached hydrogen (secondary N) is 1. The number of anilines is 1. The standard InChI is InChI=1S/C13H15N3O3/c1-9-8-16(13(18)15-12(9)17)6-7-19-11-5-3-2-4-10(11)14/h2-5,8H,6-7,14H2,1H3,(H,15,17,18). The zero-order valence-corrected chi connectivity index (χ0v) is 10.6. The molecule has 0 radical (unpaired) electrons. The van der Waals surface area contributed by atoms with E-state index in [-0.39, 0.29) is 5.56 Å². The molecule has 0 aliphatic heterocycles. The second-order valence-corrected chi connectivity index (χ2v) is 4.15. The molecule has 1 heterocycles. The highest BCUT2D eigenvalue weighted by atomic mass is 16.5. The summed E-state index contributed by atoms with van der Waals surface area (Å²) in [4.78, 5) is 25.0. The maximum atomic E-state index is 11.5. The number of ether oxygens (including phenoxy) is 1. The lowest BCUT2D eigenvalue weighted by molar-refractivity contribution is 0.296. The molecule has 6 nitrogen and oxygen atoms in total. The summed E-state index contributed by atoms with van der Waals surface area (Å²) in [5.41, 5.74) is 5.96. The molecule has 0 fully saturated rings. The van der Waals surface area contributed by atoms with Gasteiger partial charge in [0, 0.05) is 11.8 Å². The van der Waals surface area contributed by atoms with Gasteiger partial charge in [0.1, 0.15) is 12.4 Å². The lowest BCUT2D eigenvalue weighted by Gasteiger charge is -2.09. The minimum absolute atomic E-state index is 0.291. The number of rotatable bonds is 4. The van der Waals surface area contributed by atoms with E-state index in [0.717, 1.165) is 0 Å². The average molecular weight is 261 g/mol. The van der Waals surface area contributed by atoms with Crippen molar-refractivity contribution in [2.45, 2.75) is 13.5 Å². The van der Waals surface area contributed by atoms with Crippen LogP contribution in [-0.4, -0.2) is 16.2 Å². The van der Waals surface area contributed by atoms with E-state index >= 15 is 0 Å². The summed E-state index contributed by atoms with van der Waals surface area (Å²) in [7, 11) is 0. The first-order chi connectivity index (χ1) is 9.08. The smallest absolute Gasteiger partial charge is 0.328 e. The maximum Gasteiger partial charge on any atom is 0.328 e. The number of nitrogens with two attached hydrogens (primary N) is 1. The Labute approximate surface area is 109 Å². The van der Waals surface area contributed by atoms with Crippen molar-refractivity contribution in [3.8, 4) is 5.75 Å². The summed E-state index contributed by atoms with van der Waals surface area (Å²) in [6.07, 6.45) is 1.51. The van der Waals surface area contributed by atoms with Gasteiger partial charge in [0.05, 0.1) is 12.2 Å². The molecule has 0 amide bonds. The number of benzene rings is 1. The number of H-pyrrole nitrogens is 1. The van der Waals surface area contributed by atoms with Crippen LogP contribution in [0, 0.1) is 6.92 Å². The van der Waals surface area contributed by atoms with Gasteiger partial charge >= 0.3 is 5.69 Å². The highest BCUT2D eigenvalue weighted by molar-refractivity contribution is 5.51. The van der Waals surface area contributed by atoms with Crippen LogP contribution in [0.1, 0.15) is 5.56 Å². The number of hydrogen-bond acceptors (Lipinski definition) is 4. The topological polar surface area (TPSA) is 90.1 Å². The van der Waals surface area contributed by atoms with E-state index in [4.69, 9.17) is 10.5 Å². The molecule has 0 bridgehead atoms. The quantitative estimate of drug-likeness (QED) is 0.784. The van der Waals surface area contributed by atoms with E-state index in [1.807, 2.05) is 12.1 Å². The molecule has 0 aliphatic carbocycles. The van der Waals surface area contributed by atoms with E-state index < -0.39 is 5.69 Å². The zero-order valence-electron chi connectivity index (χ0n) is 10.6. The number of nitrogens with zero attached hydrogens (tertiary/aromatic N) is 1. The lowest BCUT2D eigenvalue weighted by Crippen LogP contribution is -2.32. The Morgan fingerprint density at radius 2 is 2.05 bits per heavy atom. The van der Waals surface area contributed by atoms with Crippen LogP contribution < -0.4 is 21.7 Å². The predicted octanol–water partition coefficient (Wildman–Crippen LogP) is 0.506. The summed E-state index contributed by atoms with van der Waals surface area (Å²) in [6.45, 7) is 2.27. The average Bonchev–Trinajstić information content (AvgIpc) is 2.38. The van der Waals surface area contributed by atoms with Crippen molar-refractivity contribution in [1.82, 2.24) is 9.55 Å². The summed E-state index contributed by atoms with van der Waals surface area (Å²) in [5, 5.41) is 0. The van der Waals surface area contributed by atoms with E-state index in [0.29, 0.717) is 30.2 Å². The molecule has 0 aliphatic rings. The minimum Gasteiger partial charge on any atom is -0.490 e. The van der Waals surface area contributed by atoms with Gasteiger partial charge in [-0.2, -0.15) is 0 Å². The van der Waals surface area contributed by atoms with Gasteiger partial charge in [-0.3, -0.25) is 14.3 Å². The number of aryl methyl sites for hydroxylation is 1. The molecule has 0 spiro atoms. The van der Waals surface area contributed by atoms with Gasteiger partial charge in [0.25, 0.3) is 5.56 Å². The molecule has 3 N–H and O–H groups in total. The fraction of sp³-hybridized carbons (Fsp3) is 0.231. The van der Waals surface area contributed by atoms with E-state index in [1.54, 1.807) is 19.1 Å². The lowest BCUT2D eigenvalue weighted by atomic mass is 10.3. The van der Waals surface area contributed by atoms with Gasteiger partial charge in [0.15, 0.2) is 0 Å². The first-order valence-electron chi connectivity index (χ1n) is 5.85. The molecular weight excluding hydrogens is 246 g/mol. The van der Waals surface area contributed by atoms with E-state index in [2.05, 4.69) is 4.98 Å². The van der Waals surface area contributed by atoms with Crippen molar-refractivity contribution in [3.63, 3.8) is 0 Å². The number of aromatic amines is 1. The molecule has 0 saturated carbocycles. The molecule has 0 saturated heterocycles. The van der Waals surface area contributed by atoms with Crippen LogP contribution in [0.3, 0.4) is 0 Å². The molecule has 19 heavy (non-hydrogen) atoms. The van der Waals surface area contributed by atoms with Crippen molar-refractivity contribution < 1.29 is 4.74 Å². The van der Waals surface area contributed by atoms with Crippen molar-refractivity contribution in [2.24, 2.45) is 0 Å². The van der Waals surface area contributed by atoms with Crippen molar-refractivity contribution in [3.05, 3.63) is 56.9 Å². The highest BCUT2D eigenvalue weighted by Crippen LogP contribution is 2.19. The second kappa shape index (κ2) is 5.43. The molecule has 2 aromatic rings. The van der Waals surface area contributed by atoms with Crippen LogP contribution in [0.25, 0.3) is 0 Å². The van der Waals surface area contributed by atoms with Crippen LogP contribution >= 0.6 is 0 Å². The third kappa shape index (κ3) is 3.04. The molecule has 1 aromatic heterocycles. The fourth-order valence-electron chi connectivity index (χ4n) is 1.65. The van der Waals surface area contributed by atoms with Gasteiger partial charge in [0.2, 0.25) is 0 Å². The van der Waals surface area contributed by atoms with Gasteiger partial charge in [-0.05, 0) is 19.1 Å². The zero-order chi connectivity index (χ0) is 13.8. The Hall–Kier alpha value is -2.50. The molecule has 0 unspecified atom stereocenters. The predicted molar refractivity (Wildman–Crippen MR) is 72.4 cm³/mol. The molecule has 6 heteroatoms. The minimum atomic E-state index is -0.444. The SMILES string of the molecule is Cc1cn(CCOc2ccccc2N)c(=O)[nH]c1=O. The first-order valence-corrected chi connectivity index (χ1v) is 5.85. The summed E-state index contributed by atoms with van der Waals surface area (Å²) in [6, 6.07) is 7.14. The number of aromatic nitrogens is 2. The summed E-state index contributed by atoms with van der Waals surface area (Å²) >= 11 is 0. The Morgan fingerprint density at radius 3 is 2.79 bits per heavy atom. The second-order valence-electron chi connectivity index (χ2n) is 4.15. The molecule has 1 aromatic carbocycles. The van der Waals surface area contributed by atoms with Crippen molar-refractivity contribution in [2.75, 3.05) is 12.3 Å². The normalized spacial score (nSPS) is 10.4. The van der Waals surface area contributed by atoms with Crippen LogP contribution in [-0.2, 0) is 6.54 Å². The summed E-state index contributed by atoms with van der Waals surface area (Å²) in [5.74, 6) is 0.580. The van der Waals surface area contributed by atoms with Crippen LogP contribution in [0.2, 0.25) is 0 Å². The van der Waals surface area contributed by atoms with Crippen LogP contribution in [0.5, 0.6) is 5.75 Å².